The Balaban J connectivity index is 2.48. The summed E-state index contributed by atoms with van der Waals surface area (Å²) < 4.78 is 55.5. The molecule has 0 radical (unpaired) electrons. The third-order valence-corrected chi connectivity index (χ3v) is 4.32. The Morgan fingerprint density at radius 3 is 2.43 bits per heavy atom. The molecule has 0 saturated heterocycles. The Morgan fingerprint density at radius 2 is 1.96 bits per heavy atom. The number of nitrogens with zero attached hydrogens (tertiary/aromatic N) is 1. The van der Waals surface area contributed by atoms with Gasteiger partial charge >= 0.3 is 6.18 Å². The molecule has 0 aliphatic carbocycles. The molecular weight excluding hydrogens is 333 g/mol. The zero-order chi connectivity index (χ0) is 17.4. The molecule has 9 heteroatoms. The highest BCUT2D eigenvalue weighted by Crippen LogP contribution is 2.36. The van der Waals surface area contributed by atoms with E-state index in [1.165, 1.54) is 13.2 Å². The molecule has 0 spiro atoms. The molecule has 0 fully saturated rings. The predicted octanol–water partition coefficient (Wildman–Crippen LogP) is 3.30. The van der Waals surface area contributed by atoms with Gasteiger partial charge in [0, 0.05) is 17.4 Å². The molecular formula is C14H13F3N2O3S. The van der Waals surface area contributed by atoms with Crippen molar-refractivity contribution in [3.63, 3.8) is 0 Å². The van der Waals surface area contributed by atoms with Crippen molar-refractivity contribution >= 4 is 22.5 Å². The molecule has 1 atom stereocenters. The molecule has 1 N–H and O–H groups in total. The van der Waals surface area contributed by atoms with E-state index in [9.17, 15) is 22.2 Å². The molecule has 0 bridgehead atoms. The number of carbonyl (C=O) groups is 1. The molecule has 1 aromatic carbocycles. The lowest BCUT2D eigenvalue weighted by molar-refractivity contribution is -0.139. The smallest absolute Gasteiger partial charge is 0.362 e. The highest BCUT2D eigenvalue weighted by atomic mass is 32.2. The van der Waals surface area contributed by atoms with Crippen molar-refractivity contribution in [3.05, 3.63) is 40.6 Å². The van der Waals surface area contributed by atoms with Gasteiger partial charge in [-0.15, -0.1) is 0 Å². The number of hydrogen-bond acceptors (Lipinski definition) is 4. The maximum absolute atomic E-state index is 13.0. The van der Waals surface area contributed by atoms with Crippen LogP contribution in [0.3, 0.4) is 0 Å². The molecule has 2 rings (SSSR count). The van der Waals surface area contributed by atoms with Gasteiger partial charge in [-0.05, 0) is 31.5 Å². The third-order valence-electron chi connectivity index (χ3n) is 3.22. The minimum absolute atomic E-state index is 0.00870. The van der Waals surface area contributed by atoms with Crippen LogP contribution in [-0.2, 0) is 17.0 Å². The standard InChI is InChI=1S/C14H13F3N2O3S/c1-7-6-22-19-12(7)18-13(20)9-4-5-10(14(15,16)17)11(8(9)2)23(3)21/h4-6H,1-3H3,(H,18,19,20). The number of benzene rings is 1. The molecule has 5 nitrogen and oxygen atoms in total. The number of nitrogens with one attached hydrogen (secondary N) is 1. The number of halogens is 3. The SMILES string of the molecule is Cc1conc1NC(=O)c1ccc(C(F)(F)F)c(S(C)=O)c1C. The van der Waals surface area contributed by atoms with Crippen molar-refractivity contribution in [2.24, 2.45) is 0 Å². The van der Waals surface area contributed by atoms with E-state index in [0.29, 0.717) is 5.56 Å². The number of alkyl halides is 3. The second-order valence-electron chi connectivity index (χ2n) is 4.87. The molecule has 1 heterocycles. The van der Waals surface area contributed by atoms with Gasteiger partial charge in [-0.1, -0.05) is 5.16 Å². The highest BCUT2D eigenvalue weighted by Gasteiger charge is 2.36. The van der Waals surface area contributed by atoms with Crippen LogP contribution in [0.15, 0.2) is 27.8 Å². The van der Waals surface area contributed by atoms with Gasteiger partial charge in [0.15, 0.2) is 5.82 Å². The summed E-state index contributed by atoms with van der Waals surface area (Å²) in [5.74, 6) is -0.478. The number of aromatic nitrogens is 1. The van der Waals surface area contributed by atoms with Crippen molar-refractivity contribution < 1.29 is 26.7 Å². The minimum atomic E-state index is -4.65. The first-order valence-electron chi connectivity index (χ1n) is 6.39. The Hall–Kier alpha value is -2.16. The van der Waals surface area contributed by atoms with Crippen molar-refractivity contribution in [3.8, 4) is 0 Å². The first-order chi connectivity index (χ1) is 10.6. The monoisotopic (exact) mass is 346 g/mol. The summed E-state index contributed by atoms with van der Waals surface area (Å²) in [6.45, 7) is 2.98. The summed E-state index contributed by atoms with van der Waals surface area (Å²) >= 11 is 0. The first-order valence-corrected chi connectivity index (χ1v) is 7.95. The lowest BCUT2D eigenvalue weighted by Crippen LogP contribution is -2.18. The average Bonchev–Trinajstić information content (AvgIpc) is 2.82. The van der Waals surface area contributed by atoms with Crippen LogP contribution in [0.25, 0.3) is 0 Å². The molecule has 0 aliphatic heterocycles. The third kappa shape index (κ3) is 3.44. The van der Waals surface area contributed by atoms with Crippen LogP contribution in [0.1, 0.15) is 27.0 Å². The normalized spacial score (nSPS) is 13.0. The number of aryl methyl sites for hydroxylation is 1. The van der Waals surface area contributed by atoms with Gasteiger partial charge in [0.2, 0.25) is 0 Å². The van der Waals surface area contributed by atoms with Crippen molar-refractivity contribution in [1.82, 2.24) is 5.16 Å². The number of amides is 1. The van der Waals surface area contributed by atoms with Gasteiger partial charge in [0.25, 0.3) is 5.91 Å². The van der Waals surface area contributed by atoms with E-state index < -0.39 is 33.3 Å². The van der Waals surface area contributed by atoms with Crippen molar-refractivity contribution in [2.75, 3.05) is 11.6 Å². The van der Waals surface area contributed by atoms with Gasteiger partial charge in [-0.2, -0.15) is 13.2 Å². The van der Waals surface area contributed by atoms with Crippen LogP contribution >= 0.6 is 0 Å². The van der Waals surface area contributed by atoms with Gasteiger partial charge < -0.3 is 9.84 Å². The van der Waals surface area contributed by atoms with Gasteiger partial charge in [-0.3, -0.25) is 9.00 Å². The Morgan fingerprint density at radius 1 is 1.30 bits per heavy atom. The maximum atomic E-state index is 13.0. The van der Waals surface area contributed by atoms with E-state index in [0.717, 1.165) is 18.4 Å². The molecule has 1 amide bonds. The molecule has 2 aromatic rings. The van der Waals surface area contributed by atoms with Crippen LogP contribution in [0, 0.1) is 13.8 Å². The van der Waals surface area contributed by atoms with Gasteiger partial charge in [0.05, 0.1) is 21.3 Å². The van der Waals surface area contributed by atoms with E-state index >= 15 is 0 Å². The second kappa shape index (κ2) is 6.15. The van der Waals surface area contributed by atoms with E-state index in [-0.39, 0.29) is 16.9 Å². The van der Waals surface area contributed by atoms with E-state index in [2.05, 4.69) is 15.0 Å². The summed E-state index contributed by atoms with van der Waals surface area (Å²) in [6.07, 6.45) is -2.19. The summed E-state index contributed by atoms with van der Waals surface area (Å²) in [5, 5.41) is 6.03. The fourth-order valence-electron chi connectivity index (χ4n) is 2.11. The number of hydrogen-bond donors (Lipinski definition) is 1. The molecule has 23 heavy (non-hydrogen) atoms. The largest absolute Gasteiger partial charge is 0.417 e. The fourth-order valence-corrected chi connectivity index (χ4v) is 3.15. The first kappa shape index (κ1) is 17.2. The molecule has 0 saturated carbocycles. The zero-order valence-corrected chi connectivity index (χ0v) is 13.3. The number of rotatable bonds is 3. The molecule has 1 aromatic heterocycles. The van der Waals surface area contributed by atoms with Crippen LogP contribution in [-0.4, -0.2) is 21.5 Å². The van der Waals surface area contributed by atoms with Gasteiger partial charge in [0.1, 0.15) is 6.26 Å². The van der Waals surface area contributed by atoms with Crippen LogP contribution in [0.2, 0.25) is 0 Å². The topological polar surface area (TPSA) is 72.2 Å². The van der Waals surface area contributed by atoms with Crippen LogP contribution in [0.4, 0.5) is 19.0 Å². The van der Waals surface area contributed by atoms with E-state index in [1.54, 1.807) is 6.92 Å². The van der Waals surface area contributed by atoms with Gasteiger partial charge in [-0.25, -0.2) is 0 Å². The van der Waals surface area contributed by atoms with Crippen molar-refractivity contribution in [1.29, 1.82) is 0 Å². The summed E-state index contributed by atoms with van der Waals surface area (Å²) in [6, 6.07) is 1.81. The zero-order valence-electron chi connectivity index (χ0n) is 12.4. The van der Waals surface area contributed by atoms with Crippen molar-refractivity contribution in [2.45, 2.75) is 24.9 Å². The second-order valence-corrected chi connectivity index (χ2v) is 6.18. The average molecular weight is 346 g/mol. The predicted molar refractivity (Wildman–Crippen MR) is 77.7 cm³/mol. The lowest BCUT2D eigenvalue weighted by Gasteiger charge is -2.16. The van der Waals surface area contributed by atoms with Crippen LogP contribution < -0.4 is 5.32 Å². The Bertz CT molecular complexity index is 784. The fraction of sp³-hybridized carbons (Fsp3) is 0.286. The summed E-state index contributed by atoms with van der Waals surface area (Å²) in [4.78, 5) is 11.8. The lowest BCUT2D eigenvalue weighted by atomic mass is 10.0. The Kier molecular flexibility index (Phi) is 4.60. The summed E-state index contributed by atoms with van der Waals surface area (Å²) in [7, 11) is -1.90. The van der Waals surface area contributed by atoms with E-state index in [1.807, 2.05) is 0 Å². The molecule has 0 aliphatic rings. The minimum Gasteiger partial charge on any atom is -0.362 e. The summed E-state index contributed by atoms with van der Waals surface area (Å²) in [5.41, 5.74) is -0.433. The highest BCUT2D eigenvalue weighted by molar-refractivity contribution is 7.84. The molecule has 124 valence electrons. The molecule has 1 unspecified atom stereocenters. The number of anilines is 1. The van der Waals surface area contributed by atoms with Crippen LogP contribution in [0.5, 0.6) is 0 Å². The Labute approximate surface area is 132 Å². The quantitative estimate of drug-likeness (QED) is 0.926. The maximum Gasteiger partial charge on any atom is 0.417 e. The van der Waals surface area contributed by atoms with E-state index in [4.69, 9.17) is 0 Å². The number of carbonyl (C=O) groups excluding carboxylic acids is 1.